The van der Waals surface area contributed by atoms with E-state index in [1.807, 2.05) is 13.0 Å². The van der Waals surface area contributed by atoms with Gasteiger partial charge in [0.1, 0.15) is 23.8 Å². The van der Waals surface area contributed by atoms with Gasteiger partial charge >= 0.3 is 0 Å². The van der Waals surface area contributed by atoms with E-state index < -0.39 is 11.8 Å². The van der Waals surface area contributed by atoms with Crippen LogP contribution in [0.2, 0.25) is 0 Å². The second-order valence-corrected chi connectivity index (χ2v) is 7.62. The number of rotatable bonds is 7. The zero-order valence-electron chi connectivity index (χ0n) is 17.9. The van der Waals surface area contributed by atoms with E-state index in [0.717, 1.165) is 12.0 Å². The second-order valence-electron chi connectivity index (χ2n) is 7.62. The molecule has 1 heterocycles. The van der Waals surface area contributed by atoms with Gasteiger partial charge in [-0.1, -0.05) is 37.3 Å². The topological polar surface area (TPSA) is 65.5 Å². The molecule has 0 atom stereocenters. The van der Waals surface area contributed by atoms with E-state index in [0.29, 0.717) is 33.4 Å². The maximum Gasteiger partial charge on any atom is 0.278 e. The Labute approximate surface area is 184 Å². The van der Waals surface area contributed by atoms with Crippen molar-refractivity contribution in [3.63, 3.8) is 0 Å². The van der Waals surface area contributed by atoms with E-state index in [2.05, 4.69) is 0 Å². The lowest BCUT2D eigenvalue weighted by atomic mass is 9.98. The smallest absolute Gasteiger partial charge is 0.278 e. The van der Waals surface area contributed by atoms with Gasteiger partial charge in [0.25, 0.3) is 6.01 Å². The molecule has 4 rings (SSSR count). The molecule has 0 unspecified atom stereocenters. The molecule has 0 spiro atoms. The van der Waals surface area contributed by atoms with Crippen LogP contribution in [0.4, 0.5) is 8.78 Å². The first-order valence-corrected chi connectivity index (χ1v) is 10.4. The number of ketones is 1. The zero-order valence-corrected chi connectivity index (χ0v) is 17.9. The van der Waals surface area contributed by atoms with Gasteiger partial charge in [0.05, 0.1) is 0 Å². The number of Topliss-reactive ketones (excluding diaryl/α,β-unsaturated/α-hetero) is 1. The van der Waals surface area contributed by atoms with Gasteiger partial charge in [-0.15, -0.1) is 0 Å². The van der Waals surface area contributed by atoms with Crippen LogP contribution in [0, 0.1) is 11.8 Å². The third-order valence-corrected chi connectivity index (χ3v) is 5.48. The van der Waals surface area contributed by atoms with Crippen LogP contribution in [0.1, 0.15) is 40.9 Å². The summed E-state index contributed by atoms with van der Waals surface area (Å²) in [6, 6.07) is 14.3. The summed E-state index contributed by atoms with van der Waals surface area (Å²) in [6.45, 7) is 3.70. The largest absolute Gasteiger partial charge is 0.489 e. The number of fused-ring (bicyclic) bond motifs is 1. The van der Waals surface area contributed by atoms with Gasteiger partial charge in [-0.05, 0) is 42.7 Å². The Morgan fingerprint density at radius 3 is 2.56 bits per heavy atom. The highest BCUT2D eigenvalue weighted by Gasteiger charge is 2.17. The fraction of sp³-hybridized carbons (Fsp3) is 0.192. The number of aryl methyl sites for hydroxylation is 1. The number of furan rings is 1. The van der Waals surface area contributed by atoms with Crippen molar-refractivity contribution in [1.82, 2.24) is 0 Å². The molecule has 0 aliphatic rings. The van der Waals surface area contributed by atoms with Crippen LogP contribution in [-0.2, 0) is 19.6 Å². The highest BCUT2D eigenvalue weighted by Crippen LogP contribution is 2.35. The molecule has 0 aliphatic carbocycles. The Bertz CT molecular complexity index is 1310. The molecule has 0 radical (unpaired) electrons. The summed E-state index contributed by atoms with van der Waals surface area (Å²) in [5, 5.41) is 0.504. The molecule has 0 fully saturated rings. The highest BCUT2D eigenvalue weighted by atomic mass is 19.1. The van der Waals surface area contributed by atoms with Crippen molar-refractivity contribution in [3.8, 4) is 16.9 Å². The number of nitrogens with two attached hydrogens (primary N) is 1. The van der Waals surface area contributed by atoms with Crippen LogP contribution in [0.25, 0.3) is 22.1 Å². The molecular weight excluding hydrogens is 412 g/mol. The van der Waals surface area contributed by atoms with Crippen molar-refractivity contribution in [2.24, 2.45) is 5.73 Å². The monoisotopic (exact) mass is 435 g/mol. The summed E-state index contributed by atoms with van der Waals surface area (Å²) in [5.41, 5.74) is 9.20. The van der Waals surface area contributed by atoms with Crippen LogP contribution < -0.4 is 10.5 Å². The SMILES string of the molecule is CCc1ccc(C(C)=O)cc1OCc1cc(-c2cccc(CN)c2F)c2oc(F)cc2c1. The molecule has 6 heteroatoms. The summed E-state index contributed by atoms with van der Waals surface area (Å²) >= 11 is 0. The molecule has 4 aromatic rings. The van der Waals surface area contributed by atoms with Crippen LogP contribution in [-0.4, -0.2) is 5.78 Å². The fourth-order valence-electron chi connectivity index (χ4n) is 3.77. The predicted molar refractivity (Wildman–Crippen MR) is 120 cm³/mol. The quantitative estimate of drug-likeness (QED) is 0.352. The first-order valence-electron chi connectivity index (χ1n) is 10.4. The number of carbonyl (C=O) groups excluding carboxylic acids is 1. The Hall–Kier alpha value is -3.51. The van der Waals surface area contributed by atoms with Gasteiger partial charge in [0, 0.05) is 40.3 Å². The van der Waals surface area contributed by atoms with E-state index in [1.165, 1.54) is 13.0 Å². The van der Waals surface area contributed by atoms with Crippen molar-refractivity contribution < 1.29 is 22.7 Å². The predicted octanol–water partition coefficient (Wildman–Crippen LogP) is 6.18. The van der Waals surface area contributed by atoms with E-state index in [-0.39, 0.29) is 30.1 Å². The molecule has 0 saturated heterocycles. The Kier molecular flexibility index (Phi) is 6.06. The Balaban J connectivity index is 1.76. The van der Waals surface area contributed by atoms with Gasteiger partial charge in [-0.3, -0.25) is 4.79 Å². The third-order valence-electron chi connectivity index (χ3n) is 5.48. The second kappa shape index (κ2) is 8.93. The van der Waals surface area contributed by atoms with E-state index in [4.69, 9.17) is 14.9 Å². The maximum absolute atomic E-state index is 15.0. The first kappa shape index (κ1) is 21.7. The molecule has 164 valence electrons. The normalized spacial score (nSPS) is 11.2. The lowest BCUT2D eigenvalue weighted by Gasteiger charge is -2.13. The number of carbonyl (C=O) groups is 1. The molecule has 4 nitrogen and oxygen atoms in total. The van der Waals surface area contributed by atoms with E-state index >= 15 is 4.39 Å². The van der Waals surface area contributed by atoms with E-state index in [1.54, 1.807) is 42.5 Å². The molecule has 32 heavy (non-hydrogen) atoms. The van der Waals surface area contributed by atoms with Gasteiger partial charge in [-0.25, -0.2) is 4.39 Å². The van der Waals surface area contributed by atoms with Gasteiger partial charge in [0.15, 0.2) is 5.78 Å². The minimum Gasteiger partial charge on any atom is -0.489 e. The van der Waals surface area contributed by atoms with Gasteiger partial charge < -0.3 is 14.9 Å². The zero-order chi connectivity index (χ0) is 22.8. The van der Waals surface area contributed by atoms with Crippen LogP contribution in [0.5, 0.6) is 5.75 Å². The number of hydrogen-bond donors (Lipinski definition) is 1. The molecule has 3 aromatic carbocycles. The molecule has 2 N–H and O–H groups in total. The molecule has 0 saturated carbocycles. The summed E-state index contributed by atoms with van der Waals surface area (Å²) in [6.07, 6.45) is 0.738. The van der Waals surface area contributed by atoms with Crippen LogP contribution in [0.15, 0.2) is 59.0 Å². The maximum atomic E-state index is 15.0. The van der Waals surface area contributed by atoms with Crippen LogP contribution in [0.3, 0.4) is 0 Å². The third kappa shape index (κ3) is 4.14. The Morgan fingerprint density at radius 1 is 1.03 bits per heavy atom. The minimum atomic E-state index is -0.753. The summed E-state index contributed by atoms with van der Waals surface area (Å²) in [5.74, 6) is 0.0930. The first-order chi connectivity index (χ1) is 15.4. The molecule has 0 amide bonds. The molecule has 0 bridgehead atoms. The van der Waals surface area contributed by atoms with Crippen molar-refractivity contribution >= 4 is 16.8 Å². The lowest BCUT2D eigenvalue weighted by molar-refractivity contribution is 0.101. The van der Waals surface area contributed by atoms with Crippen molar-refractivity contribution in [3.05, 3.63) is 88.7 Å². The number of halogens is 2. The van der Waals surface area contributed by atoms with E-state index in [9.17, 15) is 9.18 Å². The average Bonchev–Trinajstić information content (AvgIpc) is 3.17. The van der Waals surface area contributed by atoms with Crippen LogP contribution >= 0.6 is 0 Å². The fourth-order valence-corrected chi connectivity index (χ4v) is 3.77. The number of ether oxygens (including phenoxy) is 1. The molecule has 0 aliphatic heterocycles. The summed E-state index contributed by atoms with van der Waals surface area (Å²) < 4.78 is 40.2. The minimum absolute atomic E-state index is 0.0460. The number of hydrogen-bond acceptors (Lipinski definition) is 4. The molecular formula is C26H23F2NO3. The molecule has 1 aromatic heterocycles. The van der Waals surface area contributed by atoms with Gasteiger partial charge in [0.2, 0.25) is 0 Å². The Morgan fingerprint density at radius 2 is 1.84 bits per heavy atom. The average molecular weight is 435 g/mol. The van der Waals surface area contributed by atoms with Crippen molar-refractivity contribution in [1.29, 1.82) is 0 Å². The van der Waals surface area contributed by atoms with Crippen molar-refractivity contribution in [2.45, 2.75) is 33.4 Å². The van der Waals surface area contributed by atoms with Crippen molar-refractivity contribution in [2.75, 3.05) is 0 Å². The summed E-state index contributed by atoms with van der Waals surface area (Å²) in [4.78, 5) is 11.8. The lowest BCUT2D eigenvalue weighted by Crippen LogP contribution is -2.02. The standard InChI is InChI=1S/C26H23F2NO3/c1-3-17-7-8-18(15(2)30)11-23(17)31-14-16-9-20-12-24(27)32-26(20)22(10-16)21-6-4-5-19(13-29)25(21)28/h4-12H,3,13-14,29H2,1-2H3. The number of benzene rings is 3. The van der Waals surface area contributed by atoms with Gasteiger partial charge in [-0.2, -0.15) is 4.39 Å². The summed E-state index contributed by atoms with van der Waals surface area (Å²) in [7, 11) is 0. The highest BCUT2D eigenvalue weighted by molar-refractivity contribution is 5.95.